The zero-order valence-electron chi connectivity index (χ0n) is 11.0. The topological polar surface area (TPSA) is 56.5 Å². The Bertz CT molecular complexity index is 805. The van der Waals surface area contributed by atoms with E-state index >= 15 is 0 Å². The smallest absolute Gasteiger partial charge is 0.341 e. The van der Waals surface area contributed by atoms with E-state index in [0.29, 0.717) is 17.0 Å². The highest BCUT2D eigenvalue weighted by atomic mass is 16.5. The molecular weight excluding hydrogens is 242 g/mol. The molecule has 5 nitrogen and oxygen atoms in total. The number of hydrogen-bond acceptors (Lipinski definition) is 4. The van der Waals surface area contributed by atoms with E-state index in [0.717, 1.165) is 16.7 Å². The second kappa shape index (κ2) is 4.05. The standard InChI is InChI=1S/C14H13N3O2/c1-8-12(13(18)19-3)9(2)17-11-7-5-4-6-10(11)16-14(17)15-8/h4-7H,1-3H3. The minimum atomic E-state index is -0.373. The fourth-order valence-corrected chi connectivity index (χ4v) is 2.40. The molecule has 0 amide bonds. The number of aromatic nitrogens is 3. The van der Waals surface area contributed by atoms with Crippen LogP contribution in [0.5, 0.6) is 0 Å². The van der Waals surface area contributed by atoms with Gasteiger partial charge in [-0.2, -0.15) is 0 Å². The van der Waals surface area contributed by atoms with E-state index in [1.165, 1.54) is 7.11 Å². The predicted molar refractivity (Wildman–Crippen MR) is 71.3 cm³/mol. The normalized spacial score (nSPS) is 11.1. The monoisotopic (exact) mass is 255 g/mol. The first kappa shape index (κ1) is 11.6. The third-order valence-corrected chi connectivity index (χ3v) is 3.26. The molecule has 96 valence electrons. The van der Waals surface area contributed by atoms with Crippen molar-refractivity contribution in [3.8, 4) is 0 Å². The molecule has 0 saturated heterocycles. The van der Waals surface area contributed by atoms with Crippen LogP contribution in [0.25, 0.3) is 16.8 Å². The lowest BCUT2D eigenvalue weighted by molar-refractivity contribution is 0.0598. The number of nitrogens with zero attached hydrogens (tertiary/aromatic N) is 3. The van der Waals surface area contributed by atoms with Crippen molar-refractivity contribution < 1.29 is 9.53 Å². The Morgan fingerprint density at radius 1 is 1.21 bits per heavy atom. The lowest BCUT2D eigenvalue weighted by atomic mass is 10.1. The van der Waals surface area contributed by atoms with Crippen molar-refractivity contribution in [2.75, 3.05) is 7.11 Å². The van der Waals surface area contributed by atoms with Gasteiger partial charge in [0.1, 0.15) is 5.56 Å². The van der Waals surface area contributed by atoms with E-state index in [1.54, 1.807) is 6.92 Å². The number of fused-ring (bicyclic) bond motifs is 3. The molecule has 0 aliphatic carbocycles. The van der Waals surface area contributed by atoms with E-state index in [4.69, 9.17) is 4.74 Å². The van der Waals surface area contributed by atoms with Crippen LogP contribution in [0.1, 0.15) is 21.7 Å². The van der Waals surface area contributed by atoms with Crippen LogP contribution >= 0.6 is 0 Å². The van der Waals surface area contributed by atoms with Gasteiger partial charge >= 0.3 is 5.97 Å². The highest BCUT2D eigenvalue weighted by Gasteiger charge is 2.19. The maximum absolute atomic E-state index is 11.9. The first-order valence-corrected chi connectivity index (χ1v) is 5.96. The van der Waals surface area contributed by atoms with Crippen LogP contribution in [0.3, 0.4) is 0 Å². The Kier molecular flexibility index (Phi) is 2.48. The van der Waals surface area contributed by atoms with Gasteiger partial charge < -0.3 is 4.74 Å². The van der Waals surface area contributed by atoms with Gasteiger partial charge in [0, 0.05) is 5.69 Å². The molecule has 5 heteroatoms. The van der Waals surface area contributed by atoms with Crippen molar-refractivity contribution in [3.05, 3.63) is 41.2 Å². The summed E-state index contributed by atoms with van der Waals surface area (Å²) in [4.78, 5) is 20.7. The zero-order chi connectivity index (χ0) is 13.6. The van der Waals surface area contributed by atoms with E-state index < -0.39 is 0 Å². The van der Waals surface area contributed by atoms with Crippen molar-refractivity contribution in [1.29, 1.82) is 0 Å². The second-order valence-corrected chi connectivity index (χ2v) is 4.39. The molecule has 0 aliphatic rings. The maximum Gasteiger partial charge on any atom is 0.341 e. The summed E-state index contributed by atoms with van der Waals surface area (Å²) in [5.74, 6) is 0.228. The van der Waals surface area contributed by atoms with Gasteiger partial charge in [0.15, 0.2) is 0 Å². The lowest BCUT2D eigenvalue weighted by Gasteiger charge is -2.09. The van der Waals surface area contributed by atoms with Gasteiger partial charge in [-0.05, 0) is 26.0 Å². The Morgan fingerprint density at radius 2 is 1.95 bits per heavy atom. The highest BCUT2D eigenvalue weighted by molar-refractivity contribution is 5.93. The number of aryl methyl sites for hydroxylation is 2. The minimum absolute atomic E-state index is 0.373. The summed E-state index contributed by atoms with van der Waals surface area (Å²) in [6.45, 7) is 3.67. The summed E-state index contributed by atoms with van der Waals surface area (Å²) in [5, 5.41) is 0. The summed E-state index contributed by atoms with van der Waals surface area (Å²) < 4.78 is 6.71. The lowest BCUT2D eigenvalue weighted by Crippen LogP contribution is -2.12. The average Bonchev–Trinajstić information content (AvgIpc) is 2.76. The largest absolute Gasteiger partial charge is 0.465 e. The molecule has 2 heterocycles. The van der Waals surface area contributed by atoms with E-state index in [1.807, 2.05) is 35.6 Å². The van der Waals surface area contributed by atoms with Crippen LogP contribution in [0.4, 0.5) is 0 Å². The molecule has 2 aromatic heterocycles. The molecule has 0 unspecified atom stereocenters. The van der Waals surface area contributed by atoms with Crippen molar-refractivity contribution in [3.63, 3.8) is 0 Å². The Hall–Kier alpha value is -2.43. The molecule has 0 atom stereocenters. The van der Waals surface area contributed by atoms with Crippen molar-refractivity contribution >= 4 is 22.8 Å². The van der Waals surface area contributed by atoms with Crippen LogP contribution in [0.2, 0.25) is 0 Å². The first-order chi connectivity index (χ1) is 9.13. The number of carbonyl (C=O) groups excluding carboxylic acids is 1. The Labute approximate surface area is 109 Å². The molecule has 0 N–H and O–H groups in total. The fraction of sp³-hybridized carbons (Fsp3) is 0.214. The number of rotatable bonds is 1. The maximum atomic E-state index is 11.9. The first-order valence-electron chi connectivity index (χ1n) is 5.96. The van der Waals surface area contributed by atoms with Crippen LogP contribution in [0, 0.1) is 13.8 Å². The highest BCUT2D eigenvalue weighted by Crippen LogP contribution is 2.21. The van der Waals surface area contributed by atoms with E-state index in [2.05, 4.69) is 9.97 Å². The number of imidazole rings is 1. The summed E-state index contributed by atoms with van der Waals surface area (Å²) in [5.41, 5.74) is 3.72. The van der Waals surface area contributed by atoms with E-state index in [9.17, 15) is 4.79 Å². The number of benzene rings is 1. The second-order valence-electron chi connectivity index (χ2n) is 4.39. The minimum Gasteiger partial charge on any atom is -0.465 e. The van der Waals surface area contributed by atoms with Crippen LogP contribution in [0.15, 0.2) is 24.3 Å². The molecule has 19 heavy (non-hydrogen) atoms. The molecule has 0 fully saturated rings. The van der Waals surface area contributed by atoms with Crippen LogP contribution in [-0.2, 0) is 4.74 Å². The zero-order valence-corrected chi connectivity index (χ0v) is 11.0. The third kappa shape index (κ3) is 1.58. The Balaban J connectivity index is 2.48. The van der Waals surface area contributed by atoms with Gasteiger partial charge in [0.25, 0.3) is 0 Å². The molecule has 0 aliphatic heterocycles. The number of ether oxygens (including phenoxy) is 1. The number of methoxy groups -OCH3 is 1. The molecule has 3 aromatic rings. The molecule has 3 rings (SSSR count). The van der Waals surface area contributed by atoms with E-state index in [-0.39, 0.29) is 5.97 Å². The molecule has 0 saturated carbocycles. The molecule has 0 radical (unpaired) electrons. The van der Waals surface area contributed by atoms with Crippen LogP contribution in [-0.4, -0.2) is 27.4 Å². The van der Waals surface area contributed by atoms with Gasteiger partial charge in [0.05, 0.1) is 23.8 Å². The number of esters is 1. The van der Waals surface area contributed by atoms with Gasteiger partial charge in [-0.25, -0.2) is 14.8 Å². The summed E-state index contributed by atoms with van der Waals surface area (Å²) in [7, 11) is 1.37. The van der Waals surface area contributed by atoms with Gasteiger partial charge in [-0.3, -0.25) is 4.40 Å². The van der Waals surface area contributed by atoms with Crippen molar-refractivity contribution in [1.82, 2.24) is 14.4 Å². The molecule has 0 spiro atoms. The average molecular weight is 255 g/mol. The fourth-order valence-electron chi connectivity index (χ4n) is 2.40. The quantitative estimate of drug-likeness (QED) is 0.626. The number of carbonyl (C=O) groups is 1. The van der Waals surface area contributed by atoms with Crippen LogP contribution < -0.4 is 0 Å². The summed E-state index contributed by atoms with van der Waals surface area (Å²) in [6, 6.07) is 7.75. The molecular formula is C14H13N3O2. The Morgan fingerprint density at radius 3 is 2.68 bits per heavy atom. The molecule has 0 bridgehead atoms. The van der Waals surface area contributed by atoms with Gasteiger partial charge in [-0.1, -0.05) is 12.1 Å². The summed E-state index contributed by atoms with van der Waals surface area (Å²) in [6.07, 6.45) is 0. The SMILES string of the molecule is COC(=O)c1c(C)nc2nc3ccccc3n2c1C. The van der Waals surface area contributed by atoms with Crippen molar-refractivity contribution in [2.24, 2.45) is 0 Å². The third-order valence-electron chi connectivity index (χ3n) is 3.26. The number of para-hydroxylation sites is 2. The van der Waals surface area contributed by atoms with Gasteiger partial charge in [-0.15, -0.1) is 0 Å². The predicted octanol–water partition coefficient (Wildman–Crippen LogP) is 2.29. The van der Waals surface area contributed by atoms with Gasteiger partial charge in [0.2, 0.25) is 5.78 Å². The van der Waals surface area contributed by atoms with Crippen molar-refractivity contribution in [2.45, 2.75) is 13.8 Å². The number of hydrogen-bond donors (Lipinski definition) is 0. The molecule has 1 aromatic carbocycles. The summed E-state index contributed by atoms with van der Waals surface area (Å²) >= 11 is 0.